The predicted octanol–water partition coefficient (Wildman–Crippen LogP) is 0.358. The number of carboxylic acid groups (broad SMARTS) is 1. The molecule has 0 aliphatic rings. The third kappa shape index (κ3) is 3.51. The number of carboxylic acids is 1. The van der Waals surface area contributed by atoms with E-state index < -0.39 is 5.97 Å². The lowest BCUT2D eigenvalue weighted by Gasteiger charge is -2.12. The molecular weight excluding hydrogens is 198 g/mol. The van der Waals surface area contributed by atoms with Crippen LogP contribution in [-0.4, -0.2) is 38.8 Å². The average molecular weight is 211 g/mol. The van der Waals surface area contributed by atoms with Gasteiger partial charge in [-0.3, -0.25) is 0 Å². The third-order valence-corrected chi connectivity index (χ3v) is 1.83. The molecule has 0 aliphatic carbocycles. The van der Waals surface area contributed by atoms with E-state index in [-0.39, 0.29) is 18.3 Å². The highest BCUT2D eigenvalue weighted by Gasteiger charge is 2.06. The fourth-order valence-electron chi connectivity index (χ4n) is 1.03. The number of rotatable bonds is 5. The van der Waals surface area contributed by atoms with Crippen molar-refractivity contribution in [3.63, 3.8) is 0 Å². The van der Waals surface area contributed by atoms with E-state index in [1.54, 1.807) is 0 Å². The van der Waals surface area contributed by atoms with Crippen molar-refractivity contribution in [1.82, 2.24) is 9.97 Å². The summed E-state index contributed by atoms with van der Waals surface area (Å²) in [6, 6.07) is 0.0694. The Kier molecular flexibility index (Phi) is 3.99. The van der Waals surface area contributed by atoms with E-state index in [0.717, 1.165) is 0 Å². The summed E-state index contributed by atoms with van der Waals surface area (Å²) in [5, 5.41) is 20.2. The van der Waals surface area contributed by atoms with Crippen molar-refractivity contribution < 1.29 is 15.0 Å². The highest BCUT2D eigenvalue weighted by atomic mass is 16.4. The van der Waals surface area contributed by atoms with Crippen LogP contribution in [0.2, 0.25) is 0 Å². The number of nitrogens with one attached hydrogen (secondary N) is 1. The molecule has 0 aliphatic heterocycles. The van der Waals surface area contributed by atoms with Crippen molar-refractivity contribution in [2.24, 2.45) is 0 Å². The molecule has 0 bridgehead atoms. The van der Waals surface area contributed by atoms with Crippen molar-refractivity contribution >= 4 is 11.8 Å². The van der Waals surface area contributed by atoms with Crippen molar-refractivity contribution in [2.45, 2.75) is 19.4 Å². The van der Waals surface area contributed by atoms with Gasteiger partial charge in [-0.2, -0.15) is 0 Å². The van der Waals surface area contributed by atoms with E-state index in [1.807, 2.05) is 6.92 Å². The maximum absolute atomic E-state index is 10.5. The van der Waals surface area contributed by atoms with Crippen LogP contribution in [0.1, 0.15) is 23.8 Å². The van der Waals surface area contributed by atoms with E-state index in [0.29, 0.717) is 12.2 Å². The molecule has 1 unspecified atom stereocenters. The molecule has 1 aromatic heterocycles. The molecule has 1 aromatic rings. The summed E-state index contributed by atoms with van der Waals surface area (Å²) in [5.41, 5.74) is -0.0876. The topological polar surface area (TPSA) is 95.3 Å². The molecule has 0 amide bonds. The summed E-state index contributed by atoms with van der Waals surface area (Å²) in [4.78, 5) is 18.1. The first-order valence-corrected chi connectivity index (χ1v) is 4.56. The van der Waals surface area contributed by atoms with Crippen molar-refractivity contribution in [3.8, 4) is 0 Å². The van der Waals surface area contributed by atoms with E-state index in [9.17, 15) is 4.79 Å². The summed E-state index contributed by atoms with van der Waals surface area (Å²) in [5.74, 6) is -0.599. The SMILES string of the molecule is CC(CCO)Nc1cnc(C(=O)O)cn1. The first-order valence-electron chi connectivity index (χ1n) is 4.56. The Morgan fingerprint density at radius 2 is 2.27 bits per heavy atom. The van der Waals surface area contributed by atoms with Crippen LogP contribution in [0.25, 0.3) is 0 Å². The van der Waals surface area contributed by atoms with Crippen LogP contribution < -0.4 is 5.32 Å². The number of aromatic nitrogens is 2. The van der Waals surface area contributed by atoms with Gasteiger partial charge in [0.05, 0.1) is 12.4 Å². The quantitative estimate of drug-likeness (QED) is 0.650. The zero-order valence-corrected chi connectivity index (χ0v) is 8.34. The second kappa shape index (κ2) is 5.26. The first kappa shape index (κ1) is 11.4. The van der Waals surface area contributed by atoms with E-state index in [2.05, 4.69) is 15.3 Å². The Balaban J connectivity index is 2.60. The zero-order chi connectivity index (χ0) is 11.3. The van der Waals surface area contributed by atoms with Crippen LogP contribution in [0.3, 0.4) is 0 Å². The Morgan fingerprint density at radius 1 is 1.53 bits per heavy atom. The minimum absolute atomic E-state index is 0.0694. The van der Waals surface area contributed by atoms with Crippen molar-refractivity contribution in [1.29, 1.82) is 0 Å². The van der Waals surface area contributed by atoms with Crippen LogP contribution >= 0.6 is 0 Å². The van der Waals surface area contributed by atoms with Crippen molar-refractivity contribution in [3.05, 3.63) is 18.1 Å². The monoisotopic (exact) mass is 211 g/mol. The van der Waals surface area contributed by atoms with Gasteiger partial charge in [-0.1, -0.05) is 0 Å². The predicted molar refractivity (Wildman–Crippen MR) is 53.8 cm³/mol. The fraction of sp³-hybridized carbons (Fsp3) is 0.444. The summed E-state index contributed by atoms with van der Waals surface area (Å²) >= 11 is 0. The second-order valence-corrected chi connectivity index (χ2v) is 3.15. The Morgan fingerprint density at radius 3 is 2.73 bits per heavy atom. The number of aliphatic hydroxyl groups excluding tert-OH is 1. The molecule has 0 aromatic carbocycles. The summed E-state index contributed by atoms with van der Waals surface area (Å²) in [7, 11) is 0. The molecule has 0 fully saturated rings. The molecule has 1 rings (SSSR count). The summed E-state index contributed by atoms with van der Waals surface area (Å²) in [6.07, 6.45) is 3.15. The molecule has 0 saturated heterocycles. The maximum atomic E-state index is 10.5. The fourth-order valence-corrected chi connectivity index (χ4v) is 1.03. The molecule has 1 heterocycles. The van der Waals surface area contributed by atoms with Gasteiger partial charge in [-0.05, 0) is 13.3 Å². The number of hydrogen-bond donors (Lipinski definition) is 3. The molecule has 82 valence electrons. The average Bonchev–Trinajstić information content (AvgIpc) is 2.18. The second-order valence-electron chi connectivity index (χ2n) is 3.15. The van der Waals surface area contributed by atoms with Crippen LogP contribution in [0, 0.1) is 0 Å². The van der Waals surface area contributed by atoms with Gasteiger partial charge in [-0.25, -0.2) is 14.8 Å². The Hall–Kier alpha value is -1.69. The van der Waals surface area contributed by atoms with Gasteiger partial charge in [0, 0.05) is 12.6 Å². The van der Waals surface area contributed by atoms with Gasteiger partial charge in [0.2, 0.25) is 0 Å². The minimum atomic E-state index is -1.10. The molecule has 0 saturated carbocycles. The van der Waals surface area contributed by atoms with Gasteiger partial charge >= 0.3 is 5.97 Å². The number of carbonyl (C=O) groups is 1. The van der Waals surface area contributed by atoms with E-state index >= 15 is 0 Å². The van der Waals surface area contributed by atoms with Gasteiger partial charge in [-0.15, -0.1) is 0 Å². The van der Waals surface area contributed by atoms with Crippen LogP contribution in [0.15, 0.2) is 12.4 Å². The van der Waals surface area contributed by atoms with E-state index in [1.165, 1.54) is 12.4 Å². The Labute approximate surface area is 87.0 Å². The number of aliphatic hydroxyl groups is 1. The normalized spacial score (nSPS) is 12.1. The first-order chi connectivity index (χ1) is 7.13. The molecule has 0 spiro atoms. The van der Waals surface area contributed by atoms with Crippen LogP contribution in [-0.2, 0) is 0 Å². The highest BCUT2D eigenvalue weighted by Crippen LogP contribution is 2.04. The lowest BCUT2D eigenvalue weighted by atomic mass is 10.2. The molecule has 15 heavy (non-hydrogen) atoms. The molecule has 0 radical (unpaired) electrons. The van der Waals surface area contributed by atoms with Gasteiger partial charge < -0.3 is 15.5 Å². The minimum Gasteiger partial charge on any atom is -0.476 e. The third-order valence-electron chi connectivity index (χ3n) is 1.83. The van der Waals surface area contributed by atoms with Gasteiger partial charge in [0.1, 0.15) is 5.82 Å². The molecule has 6 heteroatoms. The largest absolute Gasteiger partial charge is 0.476 e. The molecular formula is C9H13N3O3. The zero-order valence-electron chi connectivity index (χ0n) is 8.34. The highest BCUT2D eigenvalue weighted by molar-refractivity contribution is 5.84. The number of aromatic carboxylic acids is 1. The van der Waals surface area contributed by atoms with Crippen LogP contribution in [0.5, 0.6) is 0 Å². The van der Waals surface area contributed by atoms with Gasteiger partial charge in [0.15, 0.2) is 5.69 Å². The molecule has 1 atom stereocenters. The Bertz CT molecular complexity index is 326. The maximum Gasteiger partial charge on any atom is 0.356 e. The van der Waals surface area contributed by atoms with E-state index in [4.69, 9.17) is 10.2 Å². The molecule has 3 N–H and O–H groups in total. The summed E-state index contributed by atoms with van der Waals surface area (Å²) < 4.78 is 0. The van der Waals surface area contributed by atoms with Crippen molar-refractivity contribution in [2.75, 3.05) is 11.9 Å². The lowest BCUT2D eigenvalue weighted by Crippen LogP contribution is -2.17. The number of anilines is 1. The number of nitrogens with zero attached hydrogens (tertiary/aromatic N) is 2. The number of hydrogen-bond acceptors (Lipinski definition) is 5. The molecule has 6 nitrogen and oxygen atoms in total. The van der Waals surface area contributed by atoms with Crippen LogP contribution in [0.4, 0.5) is 5.82 Å². The van der Waals surface area contributed by atoms with Gasteiger partial charge in [0.25, 0.3) is 0 Å². The lowest BCUT2D eigenvalue weighted by molar-refractivity contribution is 0.0690. The standard InChI is InChI=1S/C9H13N3O3/c1-6(2-3-13)12-8-5-10-7(4-11-8)9(14)15/h4-6,13H,2-3H2,1H3,(H,11,12)(H,14,15). The smallest absolute Gasteiger partial charge is 0.356 e. The summed E-state index contributed by atoms with van der Waals surface area (Å²) in [6.45, 7) is 1.98.